The molecule has 3 atom stereocenters. The topological polar surface area (TPSA) is 58.4 Å². The molecule has 4 nitrogen and oxygen atoms in total. The van der Waals surface area contributed by atoms with Gasteiger partial charge in [0.15, 0.2) is 0 Å². The summed E-state index contributed by atoms with van der Waals surface area (Å²) >= 11 is 0. The Morgan fingerprint density at radius 2 is 2.05 bits per heavy atom. The van der Waals surface area contributed by atoms with Gasteiger partial charge in [-0.05, 0) is 64.1 Å². The zero-order valence-corrected chi connectivity index (χ0v) is 12.2. The molecule has 2 fully saturated rings. The molecule has 0 aromatic rings. The lowest BCUT2D eigenvalue weighted by Gasteiger charge is -2.31. The molecule has 0 aromatic carbocycles. The smallest absolute Gasteiger partial charge is 0.223 e. The molecule has 1 saturated heterocycles. The Morgan fingerprint density at radius 1 is 1.32 bits per heavy atom. The second kappa shape index (κ2) is 7.25. The highest BCUT2D eigenvalue weighted by atomic mass is 16.1. The number of amides is 1. The Balaban J connectivity index is 1.62. The van der Waals surface area contributed by atoms with Crippen LogP contribution in [0.1, 0.15) is 45.4 Å². The van der Waals surface area contributed by atoms with Crippen molar-refractivity contribution in [1.82, 2.24) is 10.2 Å². The van der Waals surface area contributed by atoms with Gasteiger partial charge in [-0.3, -0.25) is 4.79 Å². The van der Waals surface area contributed by atoms with E-state index in [-0.39, 0.29) is 17.9 Å². The van der Waals surface area contributed by atoms with E-state index in [0.717, 1.165) is 38.8 Å². The molecule has 2 rings (SSSR count). The van der Waals surface area contributed by atoms with Crippen molar-refractivity contribution in [2.75, 3.05) is 26.2 Å². The molecule has 1 heterocycles. The van der Waals surface area contributed by atoms with E-state index < -0.39 is 0 Å². The van der Waals surface area contributed by atoms with E-state index in [1.54, 1.807) is 0 Å². The fraction of sp³-hybridized carbons (Fsp3) is 0.933. The summed E-state index contributed by atoms with van der Waals surface area (Å²) in [6.45, 7) is 6.60. The van der Waals surface area contributed by atoms with Gasteiger partial charge in [0.05, 0.1) is 0 Å². The van der Waals surface area contributed by atoms with Gasteiger partial charge in [-0.2, -0.15) is 0 Å². The van der Waals surface area contributed by atoms with Gasteiger partial charge in [0.2, 0.25) is 5.91 Å². The van der Waals surface area contributed by atoms with Crippen LogP contribution in [-0.2, 0) is 4.79 Å². The van der Waals surface area contributed by atoms with E-state index in [0.29, 0.717) is 5.92 Å². The van der Waals surface area contributed by atoms with Crippen molar-refractivity contribution in [2.45, 2.75) is 51.5 Å². The second-order valence-corrected chi connectivity index (χ2v) is 6.35. The number of rotatable bonds is 5. The Hall–Kier alpha value is -0.610. The van der Waals surface area contributed by atoms with Crippen LogP contribution in [-0.4, -0.2) is 43.0 Å². The number of carbonyl (C=O) groups is 1. The van der Waals surface area contributed by atoms with E-state index in [1.165, 1.54) is 25.9 Å². The Labute approximate surface area is 117 Å². The van der Waals surface area contributed by atoms with Crippen LogP contribution in [0.3, 0.4) is 0 Å². The molecule has 1 saturated carbocycles. The highest BCUT2D eigenvalue weighted by Crippen LogP contribution is 2.29. The molecule has 1 aliphatic carbocycles. The van der Waals surface area contributed by atoms with Gasteiger partial charge in [0, 0.05) is 18.5 Å². The molecule has 110 valence electrons. The third-order valence-electron chi connectivity index (χ3n) is 4.72. The van der Waals surface area contributed by atoms with Crippen LogP contribution in [0.2, 0.25) is 0 Å². The maximum atomic E-state index is 12.2. The van der Waals surface area contributed by atoms with Crippen molar-refractivity contribution in [3.05, 3.63) is 0 Å². The molecule has 3 N–H and O–H groups in total. The lowest BCUT2D eigenvalue weighted by Crippen LogP contribution is -2.42. The summed E-state index contributed by atoms with van der Waals surface area (Å²) in [6.07, 6.45) is 6.76. The van der Waals surface area contributed by atoms with Gasteiger partial charge in [0.1, 0.15) is 0 Å². The van der Waals surface area contributed by atoms with Crippen molar-refractivity contribution < 1.29 is 4.79 Å². The lowest BCUT2D eigenvalue weighted by atomic mass is 9.78. The minimum absolute atomic E-state index is 0.135. The number of likely N-dealkylation sites (tertiary alicyclic amines) is 1. The molecule has 2 aliphatic rings. The number of carbonyl (C=O) groups excluding carboxylic acids is 1. The van der Waals surface area contributed by atoms with Crippen LogP contribution >= 0.6 is 0 Å². The van der Waals surface area contributed by atoms with Gasteiger partial charge in [-0.25, -0.2) is 0 Å². The first-order valence-corrected chi connectivity index (χ1v) is 7.92. The molecule has 19 heavy (non-hydrogen) atoms. The molecular weight excluding hydrogens is 238 g/mol. The predicted molar refractivity (Wildman–Crippen MR) is 77.8 cm³/mol. The number of nitrogens with one attached hydrogen (secondary N) is 1. The van der Waals surface area contributed by atoms with E-state index in [4.69, 9.17) is 5.73 Å². The number of hydrogen-bond donors (Lipinski definition) is 2. The first-order chi connectivity index (χ1) is 9.16. The summed E-state index contributed by atoms with van der Waals surface area (Å²) in [5.74, 6) is 0.845. The molecule has 0 aromatic heterocycles. The van der Waals surface area contributed by atoms with Crippen LogP contribution in [0.25, 0.3) is 0 Å². The normalized spacial score (nSPS) is 32.4. The van der Waals surface area contributed by atoms with Gasteiger partial charge in [0.25, 0.3) is 0 Å². The van der Waals surface area contributed by atoms with Crippen LogP contribution in [0.5, 0.6) is 0 Å². The fourth-order valence-corrected chi connectivity index (χ4v) is 3.37. The molecular formula is C15H29N3O. The van der Waals surface area contributed by atoms with Crippen LogP contribution in [0, 0.1) is 11.8 Å². The van der Waals surface area contributed by atoms with Gasteiger partial charge in [-0.15, -0.1) is 0 Å². The van der Waals surface area contributed by atoms with E-state index >= 15 is 0 Å². The number of nitrogens with two attached hydrogens (primary N) is 1. The Morgan fingerprint density at radius 3 is 2.79 bits per heavy atom. The third-order valence-corrected chi connectivity index (χ3v) is 4.72. The minimum atomic E-state index is 0.135. The van der Waals surface area contributed by atoms with Crippen molar-refractivity contribution in [2.24, 2.45) is 17.6 Å². The predicted octanol–water partition coefficient (Wildman–Crippen LogP) is 1.35. The maximum Gasteiger partial charge on any atom is 0.223 e. The third kappa shape index (κ3) is 4.46. The molecule has 4 heteroatoms. The molecule has 0 bridgehead atoms. The first kappa shape index (κ1) is 14.8. The standard InChI is InChI=1S/C15H29N3O/c1-12-5-6-13(16)11-14(12)15(19)17-7-4-10-18-8-2-3-9-18/h12-14H,2-11,16H2,1H3,(H,17,19). The average molecular weight is 267 g/mol. The summed E-state index contributed by atoms with van der Waals surface area (Å²) in [7, 11) is 0. The summed E-state index contributed by atoms with van der Waals surface area (Å²) in [5, 5.41) is 3.11. The first-order valence-electron chi connectivity index (χ1n) is 7.92. The largest absolute Gasteiger partial charge is 0.356 e. The van der Waals surface area contributed by atoms with Gasteiger partial charge < -0.3 is 16.0 Å². The van der Waals surface area contributed by atoms with Crippen molar-refractivity contribution in [1.29, 1.82) is 0 Å². The van der Waals surface area contributed by atoms with Gasteiger partial charge >= 0.3 is 0 Å². The number of nitrogens with zero attached hydrogens (tertiary/aromatic N) is 1. The molecule has 0 spiro atoms. The zero-order chi connectivity index (χ0) is 13.7. The molecule has 3 unspecified atom stereocenters. The zero-order valence-electron chi connectivity index (χ0n) is 12.2. The Kier molecular flexibility index (Phi) is 5.64. The summed E-state index contributed by atoms with van der Waals surface area (Å²) in [5.41, 5.74) is 5.98. The lowest BCUT2D eigenvalue weighted by molar-refractivity contribution is -0.127. The quantitative estimate of drug-likeness (QED) is 0.739. The average Bonchev–Trinajstić information content (AvgIpc) is 2.90. The summed E-state index contributed by atoms with van der Waals surface area (Å²) in [6, 6.07) is 0.219. The van der Waals surface area contributed by atoms with Crippen molar-refractivity contribution in [3.8, 4) is 0 Å². The Bertz CT molecular complexity index is 289. The minimum Gasteiger partial charge on any atom is -0.356 e. The molecule has 1 amide bonds. The second-order valence-electron chi connectivity index (χ2n) is 6.35. The van der Waals surface area contributed by atoms with Gasteiger partial charge in [-0.1, -0.05) is 6.92 Å². The molecule has 0 radical (unpaired) electrons. The van der Waals surface area contributed by atoms with Crippen molar-refractivity contribution >= 4 is 5.91 Å². The van der Waals surface area contributed by atoms with Crippen LogP contribution in [0.4, 0.5) is 0 Å². The maximum absolute atomic E-state index is 12.2. The highest BCUT2D eigenvalue weighted by Gasteiger charge is 2.30. The summed E-state index contributed by atoms with van der Waals surface area (Å²) in [4.78, 5) is 14.7. The van der Waals surface area contributed by atoms with Crippen LogP contribution in [0.15, 0.2) is 0 Å². The summed E-state index contributed by atoms with van der Waals surface area (Å²) < 4.78 is 0. The number of hydrogen-bond acceptors (Lipinski definition) is 3. The van der Waals surface area contributed by atoms with E-state index in [1.807, 2.05) is 0 Å². The monoisotopic (exact) mass is 267 g/mol. The van der Waals surface area contributed by atoms with E-state index in [9.17, 15) is 4.79 Å². The fourth-order valence-electron chi connectivity index (χ4n) is 3.37. The van der Waals surface area contributed by atoms with Crippen molar-refractivity contribution in [3.63, 3.8) is 0 Å². The molecule has 1 aliphatic heterocycles. The van der Waals surface area contributed by atoms with Crippen LogP contribution < -0.4 is 11.1 Å². The van der Waals surface area contributed by atoms with E-state index in [2.05, 4.69) is 17.1 Å². The highest BCUT2D eigenvalue weighted by molar-refractivity contribution is 5.79. The SMILES string of the molecule is CC1CCC(N)CC1C(=O)NCCCN1CCCC1.